The third-order valence-corrected chi connectivity index (χ3v) is 10.9. The van der Waals surface area contributed by atoms with Crippen molar-refractivity contribution in [1.82, 2.24) is 9.97 Å². The molecule has 0 saturated carbocycles. The number of hydrogen-bond acceptors (Lipinski definition) is 3. The van der Waals surface area contributed by atoms with Crippen molar-refractivity contribution in [1.29, 1.82) is 0 Å². The lowest BCUT2D eigenvalue weighted by Gasteiger charge is -2.12. The Morgan fingerprint density at radius 3 is 1.40 bits per heavy atom. The van der Waals surface area contributed by atoms with E-state index in [0.29, 0.717) is 11.4 Å². The van der Waals surface area contributed by atoms with Gasteiger partial charge < -0.3 is 4.42 Å². The quantitative estimate of drug-likeness (QED) is 0.168. The minimum absolute atomic E-state index is 0.663. The van der Waals surface area contributed by atoms with Gasteiger partial charge in [-0.1, -0.05) is 164 Å². The third kappa shape index (κ3) is 5.28. The van der Waals surface area contributed by atoms with Crippen LogP contribution in [0.3, 0.4) is 0 Å². The molecular formula is C52H32N2O. The molecule has 0 spiro atoms. The predicted octanol–water partition coefficient (Wildman–Crippen LogP) is 14.2. The van der Waals surface area contributed by atoms with Crippen molar-refractivity contribution < 1.29 is 4.42 Å². The summed E-state index contributed by atoms with van der Waals surface area (Å²) in [6, 6.07) is 68.7. The molecule has 256 valence electrons. The molecule has 0 radical (unpaired) electrons. The Morgan fingerprint density at radius 2 is 0.745 bits per heavy atom. The van der Waals surface area contributed by atoms with E-state index in [1.54, 1.807) is 0 Å². The molecule has 0 atom stereocenters. The number of rotatable bonds is 5. The van der Waals surface area contributed by atoms with Gasteiger partial charge >= 0.3 is 0 Å². The van der Waals surface area contributed by atoms with Crippen LogP contribution < -0.4 is 0 Å². The molecular weight excluding hydrogens is 669 g/mol. The highest BCUT2D eigenvalue weighted by atomic mass is 16.3. The maximum absolute atomic E-state index is 6.59. The Labute approximate surface area is 317 Å². The summed E-state index contributed by atoms with van der Waals surface area (Å²) in [7, 11) is 0. The Balaban J connectivity index is 1.05. The first kappa shape index (κ1) is 31.2. The van der Waals surface area contributed by atoms with E-state index in [0.717, 1.165) is 55.6 Å². The Bertz CT molecular complexity index is 3220. The standard InChI is InChI=1S/C52H32N2O/c1-3-13-33(14-4-1)35-17-12-20-40(30-35)52-53-49(34-15-5-2-6-16-34)51-50(54-52)47-32-39(26-28-48(47)55-51)37-19-11-18-36(29-37)38-25-27-45-43-23-8-7-21-41(43)42-22-9-10-24-44(42)46(45)31-38/h1-32H. The average Bonchev–Trinajstić information content (AvgIpc) is 3.65. The summed E-state index contributed by atoms with van der Waals surface area (Å²) in [6.07, 6.45) is 0. The second-order valence-electron chi connectivity index (χ2n) is 14.1. The first-order valence-corrected chi connectivity index (χ1v) is 18.6. The van der Waals surface area contributed by atoms with Crippen molar-refractivity contribution in [3.63, 3.8) is 0 Å². The molecule has 0 N–H and O–H groups in total. The van der Waals surface area contributed by atoms with Gasteiger partial charge in [0.2, 0.25) is 0 Å². The monoisotopic (exact) mass is 700 g/mol. The van der Waals surface area contributed by atoms with Crippen LogP contribution in [0.15, 0.2) is 199 Å². The highest BCUT2D eigenvalue weighted by Gasteiger charge is 2.19. The predicted molar refractivity (Wildman–Crippen MR) is 229 cm³/mol. The lowest BCUT2D eigenvalue weighted by atomic mass is 9.91. The van der Waals surface area contributed by atoms with Gasteiger partial charge in [-0.05, 0) is 96.0 Å². The highest BCUT2D eigenvalue weighted by Crippen LogP contribution is 2.40. The molecule has 9 aromatic carbocycles. The minimum Gasteiger partial charge on any atom is -0.452 e. The van der Waals surface area contributed by atoms with Gasteiger partial charge in [0.05, 0.1) is 0 Å². The van der Waals surface area contributed by atoms with Gasteiger partial charge in [-0.2, -0.15) is 0 Å². The molecule has 3 heteroatoms. The molecule has 0 aliphatic heterocycles. The second kappa shape index (κ2) is 12.6. The van der Waals surface area contributed by atoms with Crippen LogP contribution in [0.2, 0.25) is 0 Å². The molecule has 0 amide bonds. The van der Waals surface area contributed by atoms with Crippen LogP contribution in [0.5, 0.6) is 0 Å². The van der Waals surface area contributed by atoms with Crippen molar-refractivity contribution in [3.05, 3.63) is 194 Å². The summed E-state index contributed by atoms with van der Waals surface area (Å²) >= 11 is 0. The summed E-state index contributed by atoms with van der Waals surface area (Å²) in [4.78, 5) is 10.4. The fourth-order valence-corrected chi connectivity index (χ4v) is 8.18. The van der Waals surface area contributed by atoms with Crippen LogP contribution in [0.1, 0.15) is 0 Å². The summed E-state index contributed by atoms with van der Waals surface area (Å²) in [5.41, 5.74) is 11.8. The number of furan rings is 1. The maximum atomic E-state index is 6.59. The van der Waals surface area contributed by atoms with E-state index in [1.807, 2.05) is 24.3 Å². The lowest BCUT2D eigenvalue weighted by molar-refractivity contribution is 0.667. The molecule has 0 saturated heterocycles. The van der Waals surface area contributed by atoms with Crippen molar-refractivity contribution in [2.75, 3.05) is 0 Å². The van der Waals surface area contributed by atoms with E-state index >= 15 is 0 Å². The third-order valence-electron chi connectivity index (χ3n) is 10.9. The van der Waals surface area contributed by atoms with E-state index in [2.05, 4.69) is 170 Å². The number of hydrogen-bond donors (Lipinski definition) is 0. The van der Waals surface area contributed by atoms with Crippen LogP contribution in [-0.2, 0) is 0 Å². The first-order chi connectivity index (χ1) is 27.2. The number of aromatic nitrogens is 2. The van der Waals surface area contributed by atoms with Crippen LogP contribution >= 0.6 is 0 Å². The molecule has 0 aliphatic rings. The van der Waals surface area contributed by atoms with Crippen molar-refractivity contribution in [3.8, 4) is 56.0 Å². The zero-order chi connectivity index (χ0) is 36.3. The average molecular weight is 701 g/mol. The van der Waals surface area contributed by atoms with Crippen LogP contribution in [-0.4, -0.2) is 9.97 Å². The fourth-order valence-electron chi connectivity index (χ4n) is 8.18. The molecule has 0 bridgehead atoms. The summed E-state index contributed by atoms with van der Waals surface area (Å²) in [5, 5.41) is 8.62. The van der Waals surface area contributed by atoms with Crippen LogP contribution in [0.4, 0.5) is 0 Å². The Hall–Kier alpha value is -7.36. The van der Waals surface area contributed by atoms with Gasteiger partial charge in [0.15, 0.2) is 11.4 Å². The lowest BCUT2D eigenvalue weighted by Crippen LogP contribution is -1.94. The smallest absolute Gasteiger partial charge is 0.180 e. The zero-order valence-electron chi connectivity index (χ0n) is 29.8. The first-order valence-electron chi connectivity index (χ1n) is 18.6. The van der Waals surface area contributed by atoms with Crippen LogP contribution in [0.25, 0.3) is 110 Å². The van der Waals surface area contributed by atoms with E-state index in [-0.39, 0.29) is 0 Å². The van der Waals surface area contributed by atoms with Crippen molar-refractivity contribution in [2.45, 2.75) is 0 Å². The van der Waals surface area contributed by atoms with Crippen LogP contribution in [0, 0.1) is 0 Å². The molecule has 2 heterocycles. The van der Waals surface area contributed by atoms with Crippen molar-refractivity contribution in [2.24, 2.45) is 0 Å². The minimum atomic E-state index is 0.663. The molecule has 11 aromatic rings. The van der Waals surface area contributed by atoms with Crippen molar-refractivity contribution >= 4 is 54.4 Å². The highest BCUT2D eigenvalue weighted by molar-refractivity contribution is 6.25. The number of fused-ring (bicyclic) bond motifs is 9. The molecule has 0 fully saturated rings. The van der Waals surface area contributed by atoms with E-state index in [9.17, 15) is 0 Å². The Kier molecular flexibility index (Phi) is 7.17. The number of benzene rings is 9. The van der Waals surface area contributed by atoms with E-state index in [4.69, 9.17) is 14.4 Å². The molecule has 2 aromatic heterocycles. The molecule has 0 aliphatic carbocycles. The summed E-state index contributed by atoms with van der Waals surface area (Å²) < 4.78 is 6.59. The normalized spacial score (nSPS) is 11.6. The topological polar surface area (TPSA) is 38.9 Å². The largest absolute Gasteiger partial charge is 0.452 e. The Morgan fingerprint density at radius 1 is 0.291 bits per heavy atom. The fraction of sp³-hybridized carbons (Fsp3) is 0. The van der Waals surface area contributed by atoms with Gasteiger partial charge in [0.25, 0.3) is 0 Å². The zero-order valence-corrected chi connectivity index (χ0v) is 29.8. The SMILES string of the molecule is c1ccc(-c2cccc(-c3nc(-c4ccccc4)c4oc5ccc(-c6cccc(-c7ccc8c9ccccc9c9ccccc9c8c7)c6)cc5c4n3)c2)cc1. The maximum Gasteiger partial charge on any atom is 0.180 e. The molecule has 3 nitrogen and oxygen atoms in total. The van der Waals surface area contributed by atoms with E-state index in [1.165, 1.54) is 43.4 Å². The number of nitrogens with zero attached hydrogens (tertiary/aromatic N) is 2. The summed E-state index contributed by atoms with van der Waals surface area (Å²) in [6.45, 7) is 0. The van der Waals surface area contributed by atoms with Gasteiger partial charge in [0.1, 0.15) is 16.8 Å². The molecule has 0 unspecified atom stereocenters. The van der Waals surface area contributed by atoms with E-state index < -0.39 is 0 Å². The summed E-state index contributed by atoms with van der Waals surface area (Å²) in [5.74, 6) is 0.663. The second-order valence-corrected chi connectivity index (χ2v) is 14.1. The van der Waals surface area contributed by atoms with Gasteiger partial charge in [-0.15, -0.1) is 0 Å². The molecule has 11 rings (SSSR count). The molecule has 55 heavy (non-hydrogen) atoms. The van der Waals surface area contributed by atoms with Gasteiger partial charge in [-0.3, -0.25) is 0 Å². The van der Waals surface area contributed by atoms with Gasteiger partial charge in [0, 0.05) is 16.5 Å². The van der Waals surface area contributed by atoms with Gasteiger partial charge in [-0.25, -0.2) is 9.97 Å².